The van der Waals surface area contributed by atoms with Gasteiger partial charge in [-0.2, -0.15) is 5.10 Å². The number of rotatable bonds is 5. The summed E-state index contributed by atoms with van der Waals surface area (Å²) < 4.78 is 12.1. The summed E-state index contributed by atoms with van der Waals surface area (Å²) in [4.78, 5) is 28.7. The van der Waals surface area contributed by atoms with Crippen molar-refractivity contribution in [3.8, 4) is 0 Å². The third kappa shape index (κ3) is 2.95. The number of amides is 1. The largest absolute Gasteiger partial charge is 0.459 e. The van der Waals surface area contributed by atoms with Crippen molar-refractivity contribution in [1.82, 2.24) is 14.8 Å². The molecule has 3 aromatic heterocycles. The Balaban J connectivity index is 1.71. The number of hydrogen-bond donors (Lipinski definition) is 1. The van der Waals surface area contributed by atoms with Gasteiger partial charge in [0.1, 0.15) is 24.3 Å². The lowest BCUT2D eigenvalue weighted by Gasteiger charge is -2.09. The number of carbonyl (C=O) groups excluding carboxylic acids is 1. The van der Waals surface area contributed by atoms with Gasteiger partial charge >= 0.3 is 6.01 Å². The summed E-state index contributed by atoms with van der Waals surface area (Å²) in [5, 5.41) is 7.33. The molecular weight excluding hydrogens is 324 g/mol. The van der Waals surface area contributed by atoms with Crippen LogP contribution in [0.3, 0.4) is 0 Å². The molecule has 1 aliphatic carbocycles. The Morgan fingerprint density at radius 3 is 2.88 bits per heavy atom. The number of fused-ring (bicyclic) bond motifs is 1. The van der Waals surface area contributed by atoms with Crippen molar-refractivity contribution in [2.75, 3.05) is 5.32 Å². The molecular formula is C17H18N4O4. The molecule has 0 radical (unpaired) electrons. The molecule has 3 heterocycles. The molecule has 0 atom stereocenters. The minimum absolute atomic E-state index is 0.0577. The Bertz CT molecular complexity index is 980. The van der Waals surface area contributed by atoms with Crippen molar-refractivity contribution in [1.29, 1.82) is 0 Å². The van der Waals surface area contributed by atoms with Crippen LogP contribution in [-0.2, 0) is 11.3 Å². The number of oxazole rings is 1. The number of anilines is 1. The molecule has 0 aliphatic heterocycles. The standard InChI is InChI=1S/C17H18N4O4/c1-9(2)14-15-11(7-12(25-15)10-3-4-10)16(23)21(20-14)8-13(22)19-17-18-5-6-24-17/h5-7,9-10H,3-4,8H2,1-2H3,(H,18,19,22). The second-order valence-electron chi connectivity index (χ2n) is 6.55. The molecule has 1 fully saturated rings. The summed E-state index contributed by atoms with van der Waals surface area (Å²) in [6, 6.07) is 1.88. The lowest BCUT2D eigenvalue weighted by Crippen LogP contribution is -2.30. The summed E-state index contributed by atoms with van der Waals surface area (Å²) in [5.74, 6) is 0.853. The maximum Gasteiger partial charge on any atom is 0.301 e. The van der Waals surface area contributed by atoms with Crippen molar-refractivity contribution in [2.45, 2.75) is 45.1 Å². The van der Waals surface area contributed by atoms with E-state index in [0.717, 1.165) is 18.6 Å². The molecule has 1 N–H and O–H groups in total. The van der Waals surface area contributed by atoms with Crippen LogP contribution in [0, 0.1) is 0 Å². The van der Waals surface area contributed by atoms with E-state index in [1.165, 1.54) is 17.1 Å². The van der Waals surface area contributed by atoms with E-state index in [2.05, 4.69) is 15.4 Å². The van der Waals surface area contributed by atoms with Gasteiger partial charge in [0.05, 0.1) is 11.6 Å². The average Bonchev–Trinajstić information content (AvgIpc) is 3.11. The Kier molecular flexibility index (Phi) is 3.67. The summed E-state index contributed by atoms with van der Waals surface area (Å²) in [6.45, 7) is 3.73. The van der Waals surface area contributed by atoms with Crippen LogP contribution in [0.1, 0.15) is 50.0 Å². The molecule has 0 spiro atoms. The molecule has 25 heavy (non-hydrogen) atoms. The monoisotopic (exact) mass is 342 g/mol. The number of nitrogens with one attached hydrogen (secondary N) is 1. The highest BCUT2D eigenvalue weighted by atomic mass is 16.4. The Hall–Kier alpha value is -2.90. The normalized spacial score (nSPS) is 14.4. The predicted octanol–water partition coefficient (Wildman–Crippen LogP) is 2.62. The van der Waals surface area contributed by atoms with E-state index >= 15 is 0 Å². The highest BCUT2D eigenvalue weighted by molar-refractivity contribution is 5.88. The first kappa shape index (κ1) is 15.6. The highest BCUT2D eigenvalue weighted by Gasteiger charge is 2.29. The summed E-state index contributed by atoms with van der Waals surface area (Å²) in [5.41, 5.74) is 0.870. The van der Waals surface area contributed by atoms with Crippen LogP contribution in [0.5, 0.6) is 0 Å². The van der Waals surface area contributed by atoms with Gasteiger partial charge in [-0.3, -0.25) is 14.9 Å². The van der Waals surface area contributed by atoms with Gasteiger partial charge in [-0.1, -0.05) is 13.8 Å². The number of carbonyl (C=O) groups is 1. The smallest absolute Gasteiger partial charge is 0.301 e. The quantitative estimate of drug-likeness (QED) is 0.764. The minimum atomic E-state index is -0.433. The maximum absolute atomic E-state index is 12.7. The fraction of sp³-hybridized carbons (Fsp3) is 0.412. The molecule has 0 unspecified atom stereocenters. The SMILES string of the molecule is CC(C)c1nn(CC(=O)Nc2ncco2)c(=O)c2cc(C3CC3)oc12. The molecule has 1 amide bonds. The summed E-state index contributed by atoms with van der Waals surface area (Å²) in [7, 11) is 0. The Labute approximate surface area is 142 Å². The number of aromatic nitrogens is 3. The zero-order valence-corrected chi connectivity index (χ0v) is 14.0. The number of furan rings is 1. The predicted molar refractivity (Wildman–Crippen MR) is 89.5 cm³/mol. The Morgan fingerprint density at radius 2 is 2.24 bits per heavy atom. The second-order valence-corrected chi connectivity index (χ2v) is 6.55. The van der Waals surface area contributed by atoms with Gasteiger partial charge in [0.15, 0.2) is 5.58 Å². The van der Waals surface area contributed by atoms with Gasteiger partial charge in [-0.05, 0) is 18.9 Å². The van der Waals surface area contributed by atoms with Crippen molar-refractivity contribution in [3.05, 3.63) is 40.3 Å². The van der Waals surface area contributed by atoms with Crippen LogP contribution < -0.4 is 10.9 Å². The van der Waals surface area contributed by atoms with E-state index in [-0.39, 0.29) is 24.0 Å². The van der Waals surface area contributed by atoms with Crippen LogP contribution in [-0.4, -0.2) is 20.7 Å². The first-order valence-corrected chi connectivity index (χ1v) is 8.26. The molecule has 1 aliphatic rings. The van der Waals surface area contributed by atoms with Gasteiger partial charge in [-0.25, -0.2) is 9.67 Å². The lowest BCUT2D eigenvalue weighted by atomic mass is 10.1. The number of hydrogen-bond acceptors (Lipinski definition) is 6. The molecule has 4 rings (SSSR count). The molecule has 130 valence electrons. The van der Waals surface area contributed by atoms with Crippen molar-refractivity contribution < 1.29 is 13.6 Å². The van der Waals surface area contributed by atoms with E-state index in [9.17, 15) is 9.59 Å². The summed E-state index contributed by atoms with van der Waals surface area (Å²) in [6.07, 6.45) is 4.94. The third-order valence-electron chi connectivity index (χ3n) is 4.18. The molecule has 0 bridgehead atoms. The average molecular weight is 342 g/mol. The molecule has 3 aromatic rings. The summed E-state index contributed by atoms with van der Waals surface area (Å²) >= 11 is 0. The Morgan fingerprint density at radius 1 is 1.44 bits per heavy atom. The molecule has 8 heteroatoms. The maximum atomic E-state index is 12.7. The van der Waals surface area contributed by atoms with Crippen LogP contribution in [0.2, 0.25) is 0 Å². The zero-order chi connectivity index (χ0) is 17.6. The van der Waals surface area contributed by atoms with Crippen molar-refractivity contribution in [3.63, 3.8) is 0 Å². The van der Waals surface area contributed by atoms with Crippen LogP contribution >= 0.6 is 0 Å². The fourth-order valence-electron chi connectivity index (χ4n) is 2.75. The van der Waals surface area contributed by atoms with Gasteiger partial charge in [0, 0.05) is 11.8 Å². The second kappa shape index (κ2) is 5.87. The van der Waals surface area contributed by atoms with Gasteiger partial charge in [0.2, 0.25) is 5.91 Å². The minimum Gasteiger partial charge on any atom is -0.459 e. The van der Waals surface area contributed by atoms with Crippen LogP contribution in [0.15, 0.2) is 32.2 Å². The van der Waals surface area contributed by atoms with E-state index in [0.29, 0.717) is 22.6 Å². The van der Waals surface area contributed by atoms with E-state index in [4.69, 9.17) is 8.83 Å². The third-order valence-corrected chi connectivity index (χ3v) is 4.18. The fourth-order valence-corrected chi connectivity index (χ4v) is 2.75. The van der Waals surface area contributed by atoms with Crippen LogP contribution in [0.25, 0.3) is 11.0 Å². The molecule has 8 nitrogen and oxygen atoms in total. The molecule has 1 saturated carbocycles. The highest BCUT2D eigenvalue weighted by Crippen LogP contribution is 2.42. The van der Waals surface area contributed by atoms with E-state index in [1.807, 2.05) is 13.8 Å². The first-order chi connectivity index (χ1) is 12.0. The lowest BCUT2D eigenvalue weighted by molar-refractivity contribution is -0.117. The van der Waals surface area contributed by atoms with Crippen LogP contribution in [0.4, 0.5) is 6.01 Å². The molecule has 0 aromatic carbocycles. The first-order valence-electron chi connectivity index (χ1n) is 8.26. The zero-order valence-electron chi connectivity index (χ0n) is 14.0. The van der Waals surface area contributed by atoms with Crippen molar-refractivity contribution in [2.24, 2.45) is 0 Å². The topological polar surface area (TPSA) is 103 Å². The van der Waals surface area contributed by atoms with Gasteiger partial charge < -0.3 is 8.83 Å². The van der Waals surface area contributed by atoms with Crippen molar-refractivity contribution >= 4 is 22.9 Å². The number of nitrogens with zero attached hydrogens (tertiary/aromatic N) is 3. The molecule has 0 saturated heterocycles. The van der Waals surface area contributed by atoms with E-state index in [1.54, 1.807) is 6.07 Å². The van der Waals surface area contributed by atoms with E-state index < -0.39 is 5.91 Å². The van der Waals surface area contributed by atoms with Gasteiger partial charge in [0.25, 0.3) is 5.56 Å². The van der Waals surface area contributed by atoms with Gasteiger partial charge in [-0.15, -0.1) is 0 Å².